The molecule has 0 amide bonds. The van der Waals surface area contributed by atoms with E-state index in [2.05, 4.69) is 4.98 Å². The second-order valence-electron chi connectivity index (χ2n) is 2.35. The third-order valence-corrected chi connectivity index (χ3v) is 1.38. The average molecular weight is 214 g/mol. The molecule has 77 valence electrons. The Bertz CT molecular complexity index is 293. The number of aromatic nitrogens is 1. The first-order valence-electron chi connectivity index (χ1n) is 3.23. The summed E-state index contributed by atoms with van der Waals surface area (Å²) in [6.07, 6.45) is -8.30. The summed E-state index contributed by atoms with van der Waals surface area (Å²) in [4.78, 5) is 2.88. The van der Waals surface area contributed by atoms with Gasteiger partial charge < -0.3 is 0 Å². The summed E-state index contributed by atoms with van der Waals surface area (Å²) in [5.41, 5.74) is -3.58. The number of rotatable bonds is 0. The van der Waals surface area contributed by atoms with Crippen LogP contribution in [0.3, 0.4) is 0 Å². The van der Waals surface area contributed by atoms with Crippen LogP contribution in [0.5, 0.6) is 0 Å². The molecule has 1 rings (SSSR count). The Morgan fingerprint density at radius 3 is 1.79 bits per heavy atom. The second-order valence-corrected chi connectivity index (χ2v) is 2.35. The minimum absolute atomic E-state index is 0.100. The molecule has 14 heavy (non-hydrogen) atoms. The van der Waals surface area contributed by atoms with Crippen LogP contribution in [0.4, 0.5) is 26.3 Å². The lowest BCUT2D eigenvalue weighted by molar-refractivity contribution is -0.162. The molecule has 0 N–H and O–H groups in total. The monoisotopic (exact) mass is 214 g/mol. The molecule has 0 aromatic carbocycles. The molecule has 0 atom stereocenters. The number of alkyl halides is 6. The third-order valence-electron chi connectivity index (χ3n) is 1.38. The highest BCUT2D eigenvalue weighted by Crippen LogP contribution is 2.39. The normalized spacial score (nSPS) is 13.0. The zero-order valence-corrected chi connectivity index (χ0v) is 6.37. The van der Waals surface area contributed by atoms with E-state index in [9.17, 15) is 26.3 Å². The highest BCUT2D eigenvalue weighted by molar-refractivity contribution is 5.28. The maximum atomic E-state index is 12.0. The molecule has 7 heteroatoms. The lowest BCUT2D eigenvalue weighted by Crippen LogP contribution is -2.16. The highest BCUT2D eigenvalue weighted by atomic mass is 19.4. The average Bonchev–Trinajstić information content (AvgIpc) is 2.01. The fourth-order valence-electron chi connectivity index (χ4n) is 0.811. The van der Waals surface area contributed by atoms with Crippen LogP contribution in [0.1, 0.15) is 11.1 Å². The molecule has 1 nitrogen and oxygen atoms in total. The van der Waals surface area contributed by atoms with Crippen molar-refractivity contribution >= 4 is 0 Å². The number of pyridine rings is 1. The Morgan fingerprint density at radius 2 is 1.43 bits per heavy atom. The molecule has 0 unspecified atom stereocenters. The van der Waals surface area contributed by atoms with Gasteiger partial charge in [0.25, 0.3) is 0 Å². The van der Waals surface area contributed by atoms with Gasteiger partial charge in [-0.2, -0.15) is 26.3 Å². The van der Waals surface area contributed by atoms with E-state index in [4.69, 9.17) is 0 Å². The largest absolute Gasteiger partial charge is 0.418 e. The minimum Gasteiger partial charge on any atom is -0.254 e. The summed E-state index contributed by atoms with van der Waals surface area (Å²) in [7, 11) is 0. The summed E-state index contributed by atoms with van der Waals surface area (Å²) in [6, 6.07) is 0.169. The Kier molecular flexibility index (Phi) is 2.43. The van der Waals surface area contributed by atoms with E-state index in [0.29, 0.717) is 0 Å². The van der Waals surface area contributed by atoms with Crippen LogP contribution in [-0.2, 0) is 12.4 Å². The van der Waals surface area contributed by atoms with Gasteiger partial charge in [-0.05, 0) is 6.07 Å². The molecule has 1 aromatic heterocycles. The van der Waals surface area contributed by atoms with Crippen molar-refractivity contribution in [3.63, 3.8) is 0 Å². The van der Waals surface area contributed by atoms with Gasteiger partial charge in [-0.15, -0.1) is 0 Å². The first-order valence-corrected chi connectivity index (χ1v) is 3.23. The number of nitrogens with zero attached hydrogens (tertiary/aromatic N) is 1. The second kappa shape index (κ2) is 3.14. The molecule has 1 radical (unpaired) electrons. The van der Waals surface area contributed by atoms with Crippen molar-refractivity contribution in [2.24, 2.45) is 0 Å². The smallest absolute Gasteiger partial charge is 0.254 e. The van der Waals surface area contributed by atoms with Crippen molar-refractivity contribution in [1.82, 2.24) is 4.98 Å². The van der Waals surface area contributed by atoms with E-state index in [0.717, 1.165) is 0 Å². The van der Waals surface area contributed by atoms with Crippen molar-refractivity contribution in [3.05, 3.63) is 29.6 Å². The highest BCUT2D eigenvalue weighted by Gasteiger charge is 2.43. The van der Waals surface area contributed by atoms with Crippen LogP contribution < -0.4 is 0 Å². The predicted molar refractivity (Wildman–Crippen MR) is 33.1 cm³/mol. The van der Waals surface area contributed by atoms with Gasteiger partial charge in [-0.1, -0.05) is 0 Å². The summed E-state index contributed by atoms with van der Waals surface area (Å²) in [5.74, 6) is 0. The van der Waals surface area contributed by atoms with Crippen molar-refractivity contribution in [3.8, 4) is 0 Å². The van der Waals surface area contributed by atoms with Crippen LogP contribution in [0.2, 0.25) is 0 Å². The van der Waals surface area contributed by atoms with Gasteiger partial charge in [0.05, 0.1) is 17.3 Å². The molecule has 0 saturated carbocycles. The van der Waals surface area contributed by atoms with Gasteiger partial charge in [-0.25, -0.2) is 0 Å². The van der Waals surface area contributed by atoms with Crippen LogP contribution in [0.25, 0.3) is 0 Å². The van der Waals surface area contributed by atoms with Crippen molar-refractivity contribution in [2.45, 2.75) is 12.4 Å². The molecule has 0 aliphatic carbocycles. The van der Waals surface area contributed by atoms with E-state index < -0.39 is 23.5 Å². The molecule has 1 aromatic rings. The predicted octanol–water partition coefficient (Wildman–Crippen LogP) is 2.92. The van der Waals surface area contributed by atoms with E-state index >= 15 is 0 Å². The van der Waals surface area contributed by atoms with Gasteiger partial charge in [0, 0.05) is 6.20 Å². The van der Waals surface area contributed by atoms with Crippen LogP contribution in [-0.4, -0.2) is 4.98 Å². The summed E-state index contributed by atoms with van der Waals surface area (Å²) in [5, 5.41) is 0. The molecule has 0 fully saturated rings. The first-order chi connectivity index (χ1) is 6.23. The van der Waals surface area contributed by atoms with Gasteiger partial charge in [0.15, 0.2) is 0 Å². The van der Waals surface area contributed by atoms with Gasteiger partial charge in [0.1, 0.15) is 0 Å². The van der Waals surface area contributed by atoms with Crippen molar-refractivity contribution in [2.75, 3.05) is 0 Å². The number of hydrogen-bond acceptors (Lipinski definition) is 1. The van der Waals surface area contributed by atoms with Gasteiger partial charge >= 0.3 is 12.4 Å². The lowest BCUT2D eigenvalue weighted by atomic mass is 10.1. The van der Waals surface area contributed by atoms with Gasteiger partial charge in [0.2, 0.25) is 0 Å². The molecule has 0 aliphatic heterocycles. The summed E-state index contributed by atoms with van der Waals surface area (Å²) >= 11 is 0. The maximum absolute atomic E-state index is 12.0. The zero-order valence-electron chi connectivity index (χ0n) is 6.37. The van der Waals surface area contributed by atoms with E-state index in [1.54, 1.807) is 6.20 Å². The minimum atomic E-state index is -5.06. The molecule has 0 saturated heterocycles. The molecule has 0 aliphatic rings. The van der Waals surface area contributed by atoms with E-state index in [1.165, 1.54) is 0 Å². The SMILES string of the molecule is FC(F)(F)c1c[c]ncc1C(F)(F)F. The Balaban J connectivity index is 3.31. The van der Waals surface area contributed by atoms with E-state index in [1.807, 2.05) is 0 Å². The molecular formula is C7H2F6N. The summed E-state index contributed by atoms with van der Waals surface area (Å²) < 4.78 is 72.2. The molecule has 0 bridgehead atoms. The topological polar surface area (TPSA) is 12.9 Å². The Hall–Kier alpha value is -1.27. The van der Waals surface area contributed by atoms with Crippen LogP contribution in [0, 0.1) is 6.20 Å². The first kappa shape index (κ1) is 10.8. The van der Waals surface area contributed by atoms with E-state index in [-0.39, 0.29) is 12.3 Å². The fourth-order valence-corrected chi connectivity index (χ4v) is 0.811. The Morgan fingerprint density at radius 1 is 0.929 bits per heavy atom. The lowest BCUT2D eigenvalue weighted by Gasteiger charge is -2.13. The summed E-state index contributed by atoms with van der Waals surface area (Å²) in [6.45, 7) is 0. The third kappa shape index (κ3) is 2.15. The quantitative estimate of drug-likeness (QED) is 0.605. The molecule has 1 heterocycles. The molecular weight excluding hydrogens is 212 g/mol. The Labute approximate surface area is 74.4 Å². The maximum Gasteiger partial charge on any atom is 0.418 e. The van der Waals surface area contributed by atoms with Crippen LogP contribution in [0.15, 0.2) is 12.3 Å². The van der Waals surface area contributed by atoms with Crippen molar-refractivity contribution in [1.29, 1.82) is 0 Å². The number of hydrogen-bond donors (Lipinski definition) is 0. The standard InChI is InChI=1S/C7H2F6N/c8-6(9,10)4-1-2-14-3-5(4)7(11,12)13/h1,3H. The van der Waals surface area contributed by atoms with Gasteiger partial charge in [-0.3, -0.25) is 4.98 Å². The fraction of sp³-hybridized carbons (Fsp3) is 0.286. The number of halogens is 6. The van der Waals surface area contributed by atoms with Crippen LogP contribution >= 0.6 is 0 Å². The molecule has 0 spiro atoms. The zero-order chi connectivity index (χ0) is 11.0. The van der Waals surface area contributed by atoms with Crippen molar-refractivity contribution < 1.29 is 26.3 Å².